The Morgan fingerprint density at radius 2 is 2.00 bits per heavy atom. The number of carbonyl (C=O) groups is 1. The van der Waals surface area contributed by atoms with E-state index < -0.39 is 0 Å². The molecule has 0 saturated heterocycles. The van der Waals surface area contributed by atoms with Gasteiger partial charge in [0.1, 0.15) is 6.04 Å². The Morgan fingerprint density at radius 1 is 1.21 bits per heavy atom. The highest BCUT2D eigenvalue weighted by Crippen LogP contribution is 2.43. The van der Waals surface area contributed by atoms with E-state index in [0.717, 1.165) is 29.9 Å². The fourth-order valence-corrected chi connectivity index (χ4v) is 5.09. The first kappa shape index (κ1) is 19.1. The van der Waals surface area contributed by atoms with Gasteiger partial charge in [-0.2, -0.15) is 0 Å². The molecule has 0 fully saturated rings. The molecule has 0 amide bonds. The van der Waals surface area contributed by atoms with Crippen molar-refractivity contribution in [1.82, 2.24) is 5.32 Å². The summed E-state index contributed by atoms with van der Waals surface area (Å²) in [5.41, 5.74) is 3.34. The molecule has 0 saturated carbocycles. The molecule has 1 heterocycles. The van der Waals surface area contributed by atoms with E-state index in [1.807, 2.05) is 6.92 Å². The van der Waals surface area contributed by atoms with Crippen molar-refractivity contribution in [2.75, 3.05) is 12.4 Å². The van der Waals surface area contributed by atoms with Crippen LogP contribution in [0.1, 0.15) is 33.6 Å². The number of benzene rings is 2. The number of allylic oxidation sites excluding steroid dienone is 2. The second-order valence-electron chi connectivity index (χ2n) is 8.14. The second kappa shape index (κ2) is 7.63. The van der Waals surface area contributed by atoms with E-state index in [4.69, 9.17) is 9.73 Å². The van der Waals surface area contributed by atoms with Crippen LogP contribution in [0.25, 0.3) is 10.8 Å². The van der Waals surface area contributed by atoms with Crippen LogP contribution in [0.3, 0.4) is 0 Å². The van der Waals surface area contributed by atoms with Crippen molar-refractivity contribution in [3.63, 3.8) is 0 Å². The van der Waals surface area contributed by atoms with Crippen LogP contribution in [0.4, 0.5) is 5.69 Å². The summed E-state index contributed by atoms with van der Waals surface area (Å²) in [6, 6.07) is 14.3. The van der Waals surface area contributed by atoms with E-state index in [0.29, 0.717) is 12.4 Å². The summed E-state index contributed by atoms with van der Waals surface area (Å²) >= 11 is 1.73. The lowest BCUT2D eigenvalue weighted by molar-refractivity contribution is -0.144. The Kier molecular flexibility index (Phi) is 5.19. The molecule has 1 atom stereocenters. The van der Waals surface area contributed by atoms with Crippen LogP contribution in [0.15, 0.2) is 58.1 Å². The monoisotopic (exact) mass is 394 g/mol. The van der Waals surface area contributed by atoms with Crippen molar-refractivity contribution in [1.29, 1.82) is 0 Å². The predicted octanol–water partition coefficient (Wildman–Crippen LogP) is 5.21. The number of esters is 1. The molecule has 28 heavy (non-hydrogen) atoms. The van der Waals surface area contributed by atoms with Crippen LogP contribution in [0.2, 0.25) is 0 Å². The van der Waals surface area contributed by atoms with Gasteiger partial charge in [0, 0.05) is 21.7 Å². The number of nitrogens with one attached hydrogen (secondary N) is 1. The number of aliphatic imine (C=N–C) groups is 1. The highest BCUT2D eigenvalue weighted by atomic mass is 32.2. The van der Waals surface area contributed by atoms with E-state index in [-0.39, 0.29) is 17.4 Å². The Balaban J connectivity index is 1.73. The predicted molar refractivity (Wildman–Crippen MR) is 117 cm³/mol. The number of hydrogen-bond donors (Lipinski definition) is 1. The molecule has 2 aromatic rings. The molecular weight excluding hydrogens is 368 g/mol. The van der Waals surface area contributed by atoms with E-state index in [1.165, 1.54) is 15.7 Å². The Labute approximate surface area is 170 Å². The van der Waals surface area contributed by atoms with Gasteiger partial charge in [0.25, 0.3) is 0 Å². The zero-order valence-corrected chi connectivity index (χ0v) is 17.4. The van der Waals surface area contributed by atoms with Gasteiger partial charge in [-0.1, -0.05) is 50.2 Å². The first-order valence-electron chi connectivity index (χ1n) is 9.82. The zero-order valence-electron chi connectivity index (χ0n) is 16.6. The number of ether oxygens (including phenoxy) is 1. The summed E-state index contributed by atoms with van der Waals surface area (Å²) < 4.78 is 5.22. The number of thioether (sulfide) groups is 1. The molecule has 1 N–H and O–H groups in total. The summed E-state index contributed by atoms with van der Waals surface area (Å²) in [7, 11) is 0. The molecule has 4 rings (SSSR count). The van der Waals surface area contributed by atoms with Gasteiger partial charge >= 0.3 is 5.97 Å². The lowest BCUT2D eigenvalue weighted by atomic mass is 9.78. The summed E-state index contributed by atoms with van der Waals surface area (Å²) in [6.07, 6.45) is 1.84. The lowest BCUT2D eigenvalue weighted by Crippen LogP contribution is -2.45. The van der Waals surface area contributed by atoms with Crippen molar-refractivity contribution < 1.29 is 9.53 Å². The molecule has 1 unspecified atom stereocenters. The van der Waals surface area contributed by atoms with Crippen LogP contribution < -0.4 is 5.32 Å². The fraction of sp³-hybridized carbons (Fsp3) is 0.391. The maximum absolute atomic E-state index is 12.2. The van der Waals surface area contributed by atoms with Crippen molar-refractivity contribution >= 4 is 39.9 Å². The van der Waals surface area contributed by atoms with E-state index in [9.17, 15) is 4.79 Å². The standard InChI is InChI=1S/C23H26N2O2S/c1-4-27-22(26)20-14-28-21-18(12-23(2,3)13-19(21)25-20)24-17-11-7-9-15-8-5-6-10-16(15)17/h5-11,20,25H,4,12-14H2,1-3H3/b24-18+. The van der Waals surface area contributed by atoms with Gasteiger partial charge in [0.05, 0.1) is 18.0 Å². The van der Waals surface area contributed by atoms with Gasteiger partial charge in [-0.15, -0.1) is 11.8 Å². The van der Waals surface area contributed by atoms with Crippen LogP contribution in [-0.4, -0.2) is 30.1 Å². The van der Waals surface area contributed by atoms with Crippen molar-refractivity contribution in [2.24, 2.45) is 10.4 Å². The lowest BCUT2D eigenvalue weighted by Gasteiger charge is -2.38. The van der Waals surface area contributed by atoms with Gasteiger partial charge in [-0.05, 0) is 36.6 Å². The smallest absolute Gasteiger partial charge is 0.329 e. The van der Waals surface area contributed by atoms with Crippen LogP contribution >= 0.6 is 11.8 Å². The minimum Gasteiger partial charge on any atom is -0.464 e. The third-order valence-electron chi connectivity index (χ3n) is 5.17. The summed E-state index contributed by atoms with van der Waals surface area (Å²) in [4.78, 5) is 18.5. The third kappa shape index (κ3) is 3.81. The van der Waals surface area contributed by atoms with Gasteiger partial charge in [0.15, 0.2) is 0 Å². The maximum atomic E-state index is 12.2. The zero-order chi connectivity index (χ0) is 19.7. The fourth-order valence-electron chi connectivity index (χ4n) is 3.95. The summed E-state index contributed by atoms with van der Waals surface area (Å²) in [6.45, 7) is 6.77. The maximum Gasteiger partial charge on any atom is 0.329 e. The first-order chi connectivity index (χ1) is 13.5. The number of carbonyl (C=O) groups excluding carboxylic acids is 1. The van der Waals surface area contributed by atoms with Crippen LogP contribution in [0, 0.1) is 5.41 Å². The minimum atomic E-state index is -0.281. The van der Waals surface area contributed by atoms with E-state index in [2.05, 4.69) is 61.6 Å². The minimum absolute atomic E-state index is 0.0896. The molecule has 2 aliphatic rings. The summed E-state index contributed by atoms with van der Waals surface area (Å²) in [5.74, 6) is 0.504. The molecule has 1 aliphatic heterocycles. The van der Waals surface area contributed by atoms with Gasteiger partial charge < -0.3 is 10.1 Å². The molecule has 0 spiro atoms. The molecule has 0 aromatic heterocycles. The molecule has 1 aliphatic carbocycles. The van der Waals surface area contributed by atoms with Gasteiger partial charge in [-0.25, -0.2) is 4.79 Å². The third-order valence-corrected chi connectivity index (χ3v) is 6.44. The molecule has 4 nitrogen and oxygen atoms in total. The Hall–Kier alpha value is -2.27. The quantitative estimate of drug-likeness (QED) is 0.726. The summed E-state index contributed by atoms with van der Waals surface area (Å²) in [5, 5.41) is 5.82. The van der Waals surface area contributed by atoms with Gasteiger partial charge in [-0.3, -0.25) is 4.99 Å². The first-order valence-corrected chi connectivity index (χ1v) is 10.8. The number of hydrogen-bond acceptors (Lipinski definition) is 5. The van der Waals surface area contributed by atoms with Crippen LogP contribution in [0.5, 0.6) is 0 Å². The number of nitrogens with zero attached hydrogens (tertiary/aromatic N) is 1. The highest BCUT2D eigenvalue weighted by Gasteiger charge is 2.37. The molecule has 2 aromatic carbocycles. The Bertz CT molecular complexity index is 972. The average Bonchev–Trinajstić information content (AvgIpc) is 2.67. The van der Waals surface area contributed by atoms with Crippen molar-refractivity contribution in [3.05, 3.63) is 53.1 Å². The van der Waals surface area contributed by atoms with E-state index >= 15 is 0 Å². The normalized spacial score (nSPS) is 22.7. The second-order valence-corrected chi connectivity index (χ2v) is 9.17. The van der Waals surface area contributed by atoms with Gasteiger partial charge in [0.2, 0.25) is 0 Å². The van der Waals surface area contributed by atoms with Crippen LogP contribution in [-0.2, 0) is 9.53 Å². The number of rotatable bonds is 3. The SMILES string of the molecule is CCOC(=O)C1CSC2=C(CC(C)(C)C/C2=N\c2cccc3ccccc23)N1. The Morgan fingerprint density at radius 3 is 2.82 bits per heavy atom. The van der Waals surface area contributed by atoms with Crippen molar-refractivity contribution in [2.45, 2.75) is 39.7 Å². The number of fused-ring (bicyclic) bond motifs is 1. The van der Waals surface area contributed by atoms with Crippen molar-refractivity contribution in [3.8, 4) is 0 Å². The average molecular weight is 395 g/mol. The highest BCUT2D eigenvalue weighted by molar-refractivity contribution is 8.04. The molecule has 5 heteroatoms. The molecule has 146 valence electrons. The topological polar surface area (TPSA) is 50.7 Å². The van der Waals surface area contributed by atoms with E-state index in [1.54, 1.807) is 11.8 Å². The largest absolute Gasteiger partial charge is 0.464 e. The molecule has 0 bridgehead atoms. The molecule has 0 radical (unpaired) electrons. The molecular formula is C23H26N2O2S.